The quantitative estimate of drug-likeness (QED) is 0.917. The van der Waals surface area contributed by atoms with Crippen LogP contribution in [-0.2, 0) is 13.1 Å². The van der Waals surface area contributed by atoms with Crippen LogP contribution in [0.15, 0.2) is 10.9 Å². The molecule has 4 rings (SSSR count). The fourth-order valence-electron chi connectivity index (χ4n) is 3.04. The van der Waals surface area contributed by atoms with Gasteiger partial charge in [0.2, 0.25) is 5.92 Å². The predicted molar refractivity (Wildman–Crippen MR) is 68.8 cm³/mol. The van der Waals surface area contributed by atoms with Crippen LogP contribution in [0.2, 0.25) is 0 Å². The summed E-state index contributed by atoms with van der Waals surface area (Å²) in [5, 5.41) is 7.14. The van der Waals surface area contributed by atoms with Crippen LogP contribution in [-0.4, -0.2) is 32.2 Å². The molecule has 1 aliphatic carbocycles. The molecule has 0 spiro atoms. The van der Waals surface area contributed by atoms with Gasteiger partial charge in [-0.1, -0.05) is 5.16 Å². The summed E-state index contributed by atoms with van der Waals surface area (Å²) in [6.07, 6.45) is 1.84. The third-order valence-electron chi connectivity index (χ3n) is 4.18. The summed E-state index contributed by atoms with van der Waals surface area (Å²) in [6, 6.07) is 0. The average molecular weight is 295 g/mol. The molecule has 3 heterocycles. The number of hydrogen-bond donors (Lipinski definition) is 1. The molecule has 1 fully saturated rings. The first-order valence-corrected chi connectivity index (χ1v) is 7.09. The minimum atomic E-state index is -2.61. The van der Waals surface area contributed by atoms with E-state index in [0.29, 0.717) is 30.4 Å². The molecule has 0 saturated heterocycles. The second-order valence-electron chi connectivity index (χ2n) is 5.66. The zero-order chi connectivity index (χ0) is 14.4. The number of fused-ring (bicyclic) bond motifs is 1. The highest BCUT2D eigenvalue weighted by Gasteiger charge is 2.42. The van der Waals surface area contributed by atoms with Gasteiger partial charge in [0.25, 0.3) is 5.89 Å². The van der Waals surface area contributed by atoms with E-state index in [2.05, 4.69) is 20.4 Å². The molecule has 1 N–H and O–H groups in total. The third kappa shape index (κ3) is 2.23. The maximum Gasteiger partial charge on any atom is 0.278 e. The number of rotatable bonds is 2. The normalized spacial score (nSPS) is 24.2. The van der Waals surface area contributed by atoms with E-state index in [9.17, 15) is 8.78 Å². The Labute approximate surface area is 119 Å². The minimum Gasteiger partial charge on any atom is -0.332 e. The smallest absolute Gasteiger partial charge is 0.278 e. The van der Waals surface area contributed by atoms with E-state index in [4.69, 9.17) is 4.52 Å². The topological polar surface area (TPSA) is 68.8 Å². The van der Waals surface area contributed by atoms with Gasteiger partial charge in [0.05, 0.1) is 12.0 Å². The number of nitrogens with zero attached hydrogens (tertiary/aromatic N) is 4. The molecule has 1 atom stereocenters. The van der Waals surface area contributed by atoms with Crippen LogP contribution < -0.4 is 5.32 Å². The van der Waals surface area contributed by atoms with Crippen LogP contribution >= 0.6 is 0 Å². The Bertz CT molecular complexity index is 665. The van der Waals surface area contributed by atoms with Gasteiger partial charge < -0.3 is 14.4 Å². The first kappa shape index (κ1) is 12.9. The van der Waals surface area contributed by atoms with Crippen molar-refractivity contribution in [1.29, 1.82) is 0 Å². The zero-order valence-corrected chi connectivity index (χ0v) is 11.4. The van der Waals surface area contributed by atoms with E-state index >= 15 is 0 Å². The monoisotopic (exact) mass is 295 g/mol. The number of imidazole rings is 1. The van der Waals surface area contributed by atoms with E-state index in [1.54, 1.807) is 6.33 Å². The molecule has 1 saturated carbocycles. The summed E-state index contributed by atoms with van der Waals surface area (Å²) in [5.74, 6) is -2.25. The summed E-state index contributed by atoms with van der Waals surface area (Å²) in [7, 11) is 0. The summed E-state index contributed by atoms with van der Waals surface area (Å²) in [4.78, 5) is 8.61. The van der Waals surface area contributed by atoms with E-state index in [-0.39, 0.29) is 18.8 Å². The molecule has 1 unspecified atom stereocenters. The molecule has 0 radical (unpaired) electrons. The Morgan fingerprint density at radius 1 is 1.43 bits per heavy atom. The number of halogens is 2. The molecule has 0 bridgehead atoms. The maximum absolute atomic E-state index is 13.3. The van der Waals surface area contributed by atoms with Crippen molar-refractivity contribution in [3.8, 4) is 11.6 Å². The largest absolute Gasteiger partial charge is 0.332 e. The van der Waals surface area contributed by atoms with Crippen molar-refractivity contribution < 1.29 is 13.3 Å². The van der Waals surface area contributed by atoms with Crippen LogP contribution in [0.5, 0.6) is 0 Å². The van der Waals surface area contributed by atoms with E-state index in [1.807, 2.05) is 4.57 Å². The molecule has 0 aromatic carbocycles. The SMILES string of the molecule is FC1(F)CCC(c2noc(-c3ncn4c3CNCC4)n2)C1. The average Bonchev–Trinajstić information content (AvgIpc) is 3.15. The Morgan fingerprint density at radius 3 is 3.14 bits per heavy atom. The van der Waals surface area contributed by atoms with Crippen molar-refractivity contribution in [3.63, 3.8) is 0 Å². The van der Waals surface area contributed by atoms with Crippen LogP contribution in [0.25, 0.3) is 11.6 Å². The molecule has 112 valence electrons. The van der Waals surface area contributed by atoms with Gasteiger partial charge in [0, 0.05) is 38.4 Å². The van der Waals surface area contributed by atoms with Crippen LogP contribution in [0.3, 0.4) is 0 Å². The van der Waals surface area contributed by atoms with E-state index in [1.165, 1.54) is 0 Å². The number of nitrogens with one attached hydrogen (secondary N) is 1. The maximum atomic E-state index is 13.3. The molecule has 2 aromatic rings. The van der Waals surface area contributed by atoms with Gasteiger partial charge in [-0.2, -0.15) is 4.98 Å². The molecule has 21 heavy (non-hydrogen) atoms. The molecule has 1 aliphatic heterocycles. The second-order valence-corrected chi connectivity index (χ2v) is 5.66. The lowest BCUT2D eigenvalue weighted by atomic mass is 10.1. The van der Waals surface area contributed by atoms with Gasteiger partial charge in [-0.25, -0.2) is 13.8 Å². The van der Waals surface area contributed by atoms with Crippen molar-refractivity contribution in [3.05, 3.63) is 17.8 Å². The van der Waals surface area contributed by atoms with Crippen molar-refractivity contribution in [2.75, 3.05) is 6.54 Å². The minimum absolute atomic E-state index is 0.106. The van der Waals surface area contributed by atoms with Crippen LogP contribution in [0.4, 0.5) is 8.78 Å². The Kier molecular flexibility index (Phi) is 2.81. The van der Waals surface area contributed by atoms with Gasteiger partial charge in [0.15, 0.2) is 11.5 Å². The van der Waals surface area contributed by atoms with Gasteiger partial charge in [-0.15, -0.1) is 0 Å². The van der Waals surface area contributed by atoms with Crippen LogP contribution in [0.1, 0.15) is 36.7 Å². The highest BCUT2D eigenvalue weighted by Crippen LogP contribution is 2.43. The zero-order valence-electron chi connectivity index (χ0n) is 11.4. The highest BCUT2D eigenvalue weighted by atomic mass is 19.3. The van der Waals surface area contributed by atoms with Gasteiger partial charge in [-0.3, -0.25) is 0 Å². The molecule has 8 heteroatoms. The van der Waals surface area contributed by atoms with Crippen molar-refractivity contribution in [2.45, 2.75) is 44.2 Å². The van der Waals surface area contributed by atoms with E-state index < -0.39 is 5.92 Å². The van der Waals surface area contributed by atoms with Crippen molar-refractivity contribution >= 4 is 0 Å². The van der Waals surface area contributed by atoms with Gasteiger partial charge in [0.1, 0.15) is 0 Å². The van der Waals surface area contributed by atoms with Gasteiger partial charge in [-0.05, 0) is 6.42 Å². The summed E-state index contributed by atoms with van der Waals surface area (Å²) in [5.41, 5.74) is 1.64. The summed E-state index contributed by atoms with van der Waals surface area (Å²) >= 11 is 0. The molecular formula is C13H15F2N5O. The number of aromatic nitrogens is 4. The lowest BCUT2D eigenvalue weighted by molar-refractivity contribution is 0.00749. The summed E-state index contributed by atoms with van der Waals surface area (Å²) < 4.78 is 33.8. The Hall–Kier alpha value is -1.83. The molecule has 0 amide bonds. The van der Waals surface area contributed by atoms with Crippen molar-refractivity contribution in [2.24, 2.45) is 0 Å². The highest BCUT2D eigenvalue weighted by molar-refractivity contribution is 5.51. The Morgan fingerprint density at radius 2 is 2.33 bits per heavy atom. The van der Waals surface area contributed by atoms with Crippen LogP contribution in [0, 0.1) is 0 Å². The fourth-order valence-corrected chi connectivity index (χ4v) is 3.04. The van der Waals surface area contributed by atoms with Gasteiger partial charge >= 0.3 is 0 Å². The first-order chi connectivity index (χ1) is 10.1. The second kappa shape index (κ2) is 4.59. The molecular weight excluding hydrogens is 280 g/mol. The fraction of sp³-hybridized carbons (Fsp3) is 0.615. The Balaban J connectivity index is 1.62. The number of hydrogen-bond acceptors (Lipinski definition) is 5. The standard InChI is InChI=1S/C13H15F2N5O/c14-13(15)2-1-8(5-13)11-18-12(21-19-11)10-9-6-16-3-4-20(9)7-17-10/h7-8,16H,1-6H2. The summed E-state index contributed by atoms with van der Waals surface area (Å²) in [6.45, 7) is 2.43. The predicted octanol–water partition coefficient (Wildman–Crippen LogP) is 1.94. The lowest BCUT2D eigenvalue weighted by Crippen LogP contribution is -2.27. The first-order valence-electron chi connectivity index (χ1n) is 7.09. The number of alkyl halides is 2. The molecule has 6 nitrogen and oxygen atoms in total. The molecule has 2 aromatic heterocycles. The third-order valence-corrected chi connectivity index (χ3v) is 4.18. The van der Waals surface area contributed by atoms with Crippen molar-refractivity contribution in [1.82, 2.24) is 25.0 Å². The molecule has 2 aliphatic rings. The van der Waals surface area contributed by atoms with E-state index in [0.717, 1.165) is 18.8 Å². The lowest BCUT2D eigenvalue weighted by Gasteiger charge is -2.15.